The minimum Gasteiger partial charge on any atom is -0.474 e. The summed E-state index contributed by atoms with van der Waals surface area (Å²) >= 11 is 5.81. The smallest absolute Gasteiger partial charge is 0.312 e. The lowest BCUT2D eigenvalue weighted by Crippen LogP contribution is -2.55. The van der Waals surface area contributed by atoms with Gasteiger partial charge in [-0.05, 0) is 56.6 Å². The second-order valence-corrected chi connectivity index (χ2v) is 7.78. The van der Waals surface area contributed by atoms with E-state index >= 15 is 0 Å². The average molecular weight is 418 g/mol. The number of fused-ring (bicyclic) bond motifs is 2. The number of nitro benzene ring substituents is 1. The Bertz CT molecular complexity index is 689. The van der Waals surface area contributed by atoms with E-state index in [0.717, 1.165) is 25.7 Å². The van der Waals surface area contributed by atoms with Crippen LogP contribution in [0.25, 0.3) is 0 Å². The van der Waals surface area contributed by atoms with Gasteiger partial charge in [-0.2, -0.15) is 0 Å². The van der Waals surface area contributed by atoms with Gasteiger partial charge in [-0.15, -0.1) is 12.4 Å². The number of nitrogens with zero attached hydrogens (tertiary/aromatic N) is 1. The second kappa shape index (κ2) is 9.08. The van der Waals surface area contributed by atoms with Gasteiger partial charge < -0.3 is 15.8 Å². The number of amides is 1. The summed E-state index contributed by atoms with van der Waals surface area (Å²) in [5, 5.41) is 14.5. The lowest BCUT2D eigenvalue weighted by atomic mass is 9.67. The van der Waals surface area contributed by atoms with Crippen molar-refractivity contribution < 1.29 is 14.5 Å². The monoisotopic (exact) mass is 417 g/mol. The van der Waals surface area contributed by atoms with Gasteiger partial charge in [0.2, 0.25) is 0 Å². The highest BCUT2D eigenvalue weighted by Crippen LogP contribution is 2.39. The maximum atomic E-state index is 12.6. The molecule has 3 unspecified atom stereocenters. The number of hydrogen-bond acceptors (Lipinski definition) is 5. The maximum Gasteiger partial charge on any atom is 0.312 e. The van der Waals surface area contributed by atoms with E-state index in [1.165, 1.54) is 24.6 Å². The SMILES string of the molecule is CC(Oc1ccc(Cl)cc1[N+](=O)[O-])C(=O)NC1C2CCCC1CC(N)C2.Cl. The van der Waals surface area contributed by atoms with Crippen LogP contribution in [0.4, 0.5) is 5.69 Å². The quantitative estimate of drug-likeness (QED) is 0.563. The van der Waals surface area contributed by atoms with E-state index in [-0.39, 0.29) is 46.9 Å². The molecular weight excluding hydrogens is 393 g/mol. The van der Waals surface area contributed by atoms with E-state index in [1.54, 1.807) is 6.92 Å². The number of carbonyl (C=O) groups is 1. The van der Waals surface area contributed by atoms with Crippen molar-refractivity contribution >= 4 is 35.6 Å². The molecule has 1 aromatic rings. The standard InChI is InChI=1S/C18H24ClN3O4.ClH/c1-10(26-16-6-5-13(19)9-15(16)22(24)25)18(23)21-17-11-3-2-4-12(17)8-14(20)7-11;/h5-6,9-12,14,17H,2-4,7-8,20H2,1H3,(H,21,23);1H. The molecule has 27 heavy (non-hydrogen) atoms. The molecule has 0 radical (unpaired) electrons. The third-order valence-electron chi connectivity index (χ3n) is 5.48. The molecule has 9 heteroatoms. The summed E-state index contributed by atoms with van der Waals surface area (Å²) in [5.41, 5.74) is 5.87. The zero-order valence-electron chi connectivity index (χ0n) is 15.1. The van der Waals surface area contributed by atoms with Crippen LogP contribution in [0.2, 0.25) is 5.02 Å². The maximum absolute atomic E-state index is 12.6. The first-order chi connectivity index (χ1) is 12.3. The van der Waals surface area contributed by atoms with Gasteiger partial charge in [0.25, 0.3) is 5.91 Å². The molecule has 0 spiro atoms. The minimum absolute atomic E-state index is 0. The Kier molecular flexibility index (Phi) is 7.31. The molecule has 2 bridgehead atoms. The third-order valence-corrected chi connectivity index (χ3v) is 5.71. The fraction of sp³-hybridized carbons (Fsp3) is 0.611. The average Bonchev–Trinajstić information content (AvgIpc) is 2.57. The molecule has 0 saturated heterocycles. The first kappa shape index (κ1) is 21.7. The lowest BCUT2D eigenvalue weighted by molar-refractivity contribution is -0.386. The van der Waals surface area contributed by atoms with Gasteiger partial charge in [0.15, 0.2) is 11.9 Å². The van der Waals surface area contributed by atoms with E-state index in [4.69, 9.17) is 22.1 Å². The van der Waals surface area contributed by atoms with Crippen LogP contribution in [0.15, 0.2) is 18.2 Å². The molecule has 2 saturated carbocycles. The first-order valence-electron chi connectivity index (χ1n) is 9.01. The van der Waals surface area contributed by atoms with Gasteiger partial charge in [-0.25, -0.2) is 0 Å². The third kappa shape index (κ3) is 5.03. The summed E-state index contributed by atoms with van der Waals surface area (Å²) in [6.07, 6.45) is 4.35. The summed E-state index contributed by atoms with van der Waals surface area (Å²) in [5.74, 6) is 0.580. The molecule has 150 valence electrons. The lowest BCUT2D eigenvalue weighted by Gasteiger charge is -2.45. The van der Waals surface area contributed by atoms with Crippen molar-refractivity contribution in [2.24, 2.45) is 17.6 Å². The van der Waals surface area contributed by atoms with Gasteiger partial charge in [-0.1, -0.05) is 18.0 Å². The molecule has 0 aliphatic heterocycles. The Labute approximate surface area is 169 Å². The van der Waals surface area contributed by atoms with Crippen molar-refractivity contribution in [2.75, 3.05) is 0 Å². The van der Waals surface area contributed by atoms with E-state index in [2.05, 4.69) is 5.32 Å². The summed E-state index contributed by atoms with van der Waals surface area (Å²) in [6.45, 7) is 1.60. The summed E-state index contributed by atoms with van der Waals surface area (Å²) < 4.78 is 5.57. The summed E-state index contributed by atoms with van der Waals surface area (Å²) in [7, 11) is 0. The number of rotatable bonds is 5. The van der Waals surface area contributed by atoms with Crippen LogP contribution in [0.3, 0.4) is 0 Å². The fourth-order valence-electron chi connectivity index (χ4n) is 4.28. The van der Waals surface area contributed by atoms with Gasteiger partial charge in [0, 0.05) is 23.2 Å². The zero-order valence-corrected chi connectivity index (χ0v) is 16.7. The van der Waals surface area contributed by atoms with Crippen molar-refractivity contribution in [3.63, 3.8) is 0 Å². The van der Waals surface area contributed by atoms with Crippen molar-refractivity contribution in [1.29, 1.82) is 0 Å². The van der Waals surface area contributed by atoms with Gasteiger partial charge in [0.1, 0.15) is 0 Å². The molecule has 2 aliphatic carbocycles. The predicted octanol–water partition coefficient (Wildman–Crippen LogP) is 3.46. The summed E-state index contributed by atoms with van der Waals surface area (Å²) in [6, 6.07) is 4.46. The van der Waals surface area contributed by atoms with Gasteiger partial charge in [-0.3, -0.25) is 14.9 Å². The largest absolute Gasteiger partial charge is 0.474 e. The Morgan fingerprint density at radius 2 is 2.00 bits per heavy atom. The molecule has 1 amide bonds. The number of carbonyl (C=O) groups excluding carboxylic acids is 1. The number of ether oxygens (including phenoxy) is 1. The fourth-order valence-corrected chi connectivity index (χ4v) is 4.45. The molecular formula is C18H25Cl2N3O4. The number of nitrogens with one attached hydrogen (secondary N) is 1. The number of nitrogens with two attached hydrogens (primary N) is 1. The summed E-state index contributed by atoms with van der Waals surface area (Å²) in [4.78, 5) is 23.2. The first-order valence-corrected chi connectivity index (χ1v) is 9.39. The highest BCUT2D eigenvalue weighted by Gasteiger charge is 2.40. The Morgan fingerprint density at radius 1 is 1.37 bits per heavy atom. The number of hydrogen-bond donors (Lipinski definition) is 2. The normalized spacial score (nSPS) is 27.8. The second-order valence-electron chi connectivity index (χ2n) is 7.35. The van der Waals surface area contributed by atoms with Crippen LogP contribution in [0.5, 0.6) is 5.75 Å². The van der Waals surface area contributed by atoms with Crippen molar-refractivity contribution in [2.45, 2.75) is 57.2 Å². The molecule has 0 heterocycles. The van der Waals surface area contributed by atoms with Crippen LogP contribution < -0.4 is 15.8 Å². The topological polar surface area (TPSA) is 107 Å². The van der Waals surface area contributed by atoms with Crippen molar-refractivity contribution in [3.8, 4) is 5.75 Å². The van der Waals surface area contributed by atoms with Crippen LogP contribution in [-0.2, 0) is 4.79 Å². The number of halogens is 2. The zero-order chi connectivity index (χ0) is 18.8. The Hall–Kier alpha value is -1.57. The van der Waals surface area contributed by atoms with Crippen LogP contribution in [0.1, 0.15) is 39.0 Å². The number of benzene rings is 1. The van der Waals surface area contributed by atoms with Crippen LogP contribution >= 0.6 is 24.0 Å². The van der Waals surface area contributed by atoms with E-state index in [9.17, 15) is 14.9 Å². The molecule has 2 fully saturated rings. The highest BCUT2D eigenvalue weighted by atomic mass is 35.5. The van der Waals surface area contributed by atoms with Crippen LogP contribution in [0, 0.1) is 22.0 Å². The van der Waals surface area contributed by atoms with E-state index in [0.29, 0.717) is 11.8 Å². The molecule has 3 atom stereocenters. The van der Waals surface area contributed by atoms with Gasteiger partial charge >= 0.3 is 5.69 Å². The molecule has 1 aromatic carbocycles. The molecule has 2 aliphatic rings. The van der Waals surface area contributed by atoms with E-state index < -0.39 is 11.0 Å². The van der Waals surface area contributed by atoms with Crippen LogP contribution in [-0.4, -0.2) is 29.0 Å². The van der Waals surface area contributed by atoms with Gasteiger partial charge in [0.05, 0.1) is 4.92 Å². The van der Waals surface area contributed by atoms with Crippen molar-refractivity contribution in [1.82, 2.24) is 5.32 Å². The molecule has 7 nitrogen and oxygen atoms in total. The molecule has 3 N–H and O–H groups in total. The molecule has 3 rings (SSSR count). The van der Waals surface area contributed by atoms with E-state index in [1.807, 2.05) is 0 Å². The highest BCUT2D eigenvalue weighted by molar-refractivity contribution is 6.30. The Balaban J connectivity index is 0.00000261. The minimum atomic E-state index is -0.841. The number of nitro groups is 1. The molecule has 0 aromatic heterocycles. The predicted molar refractivity (Wildman–Crippen MR) is 105 cm³/mol. The Morgan fingerprint density at radius 3 is 2.59 bits per heavy atom. The van der Waals surface area contributed by atoms with Crippen molar-refractivity contribution in [3.05, 3.63) is 33.3 Å².